The standard InChI is InChI=1S/C23H16BrNO2/c24-18-11-12-21-19(13-18)20(22(27)15-26)14-25(21)23(16-7-3-1-4-8-16)17-9-5-2-6-10-17/h1-15,23H. The average molecular weight is 418 g/mol. The Morgan fingerprint density at radius 1 is 0.889 bits per heavy atom. The van der Waals surface area contributed by atoms with Crippen LogP contribution < -0.4 is 0 Å². The molecule has 132 valence electrons. The van der Waals surface area contributed by atoms with E-state index in [2.05, 4.69) is 44.8 Å². The molecule has 0 bridgehead atoms. The topological polar surface area (TPSA) is 39.1 Å². The van der Waals surface area contributed by atoms with E-state index in [1.807, 2.05) is 54.6 Å². The van der Waals surface area contributed by atoms with Crippen LogP contribution in [0.25, 0.3) is 10.9 Å². The van der Waals surface area contributed by atoms with Crippen molar-refractivity contribution in [3.63, 3.8) is 0 Å². The first-order valence-corrected chi connectivity index (χ1v) is 9.38. The maximum absolute atomic E-state index is 12.3. The van der Waals surface area contributed by atoms with Gasteiger partial charge in [0.25, 0.3) is 0 Å². The van der Waals surface area contributed by atoms with Crippen LogP contribution in [0.15, 0.2) is 89.5 Å². The highest BCUT2D eigenvalue weighted by atomic mass is 79.9. The number of rotatable bonds is 5. The minimum atomic E-state index is -0.517. The SMILES string of the molecule is O=CC(=O)c1cn(C(c2ccccc2)c2ccccc2)c2ccc(Br)cc12. The Morgan fingerprint density at radius 2 is 1.48 bits per heavy atom. The van der Waals surface area contributed by atoms with Crippen LogP contribution in [-0.4, -0.2) is 16.6 Å². The quantitative estimate of drug-likeness (QED) is 0.247. The minimum Gasteiger partial charge on any atom is -0.335 e. The van der Waals surface area contributed by atoms with E-state index < -0.39 is 5.78 Å². The molecule has 1 aromatic heterocycles. The lowest BCUT2D eigenvalue weighted by atomic mass is 9.98. The van der Waals surface area contributed by atoms with Crippen LogP contribution in [0.2, 0.25) is 0 Å². The van der Waals surface area contributed by atoms with Gasteiger partial charge >= 0.3 is 0 Å². The van der Waals surface area contributed by atoms with Gasteiger partial charge in [0.05, 0.1) is 11.6 Å². The average Bonchev–Trinajstić information content (AvgIpc) is 3.07. The van der Waals surface area contributed by atoms with E-state index in [4.69, 9.17) is 0 Å². The number of Topliss-reactive ketones (excluding diaryl/α,β-unsaturated/α-hetero) is 1. The van der Waals surface area contributed by atoms with Crippen LogP contribution in [0.4, 0.5) is 0 Å². The molecule has 0 unspecified atom stereocenters. The Labute approximate surface area is 165 Å². The lowest BCUT2D eigenvalue weighted by molar-refractivity contribution is -0.104. The summed E-state index contributed by atoms with van der Waals surface area (Å²) in [5, 5.41) is 0.762. The fraction of sp³-hybridized carbons (Fsp3) is 0.0435. The Balaban J connectivity index is 2.02. The Morgan fingerprint density at radius 3 is 2.04 bits per heavy atom. The molecule has 0 amide bonds. The van der Waals surface area contributed by atoms with Crippen molar-refractivity contribution in [2.24, 2.45) is 0 Å². The highest BCUT2D eigenvalue weighted by molar-refractivity contribution is 9.10. The van der Waals surface area contributed by atoms with Gasteiger partial charge in [0.1, 0.15) is 0 Å². The van der Waals surface area contributed by atoms with Crippen LogP contribution in [0.1, 0.15) is 27.5 Å². The number of halogens is 1. The number of hydrogen-bond acceptors (Lipinski definition) is 2. The molecule has 3 nitrogen and oxygen atoms in total. The van der Waals surface area contributed by atoms with Crippen LogP contribution in [0, 0.1) is 0 Å². The van der Waals surface area contributed by atoms with Gasteiger partial charge in [-0.3, -0.25) is 9.59 Å². The van der Waals surface area contributed by atoms with Crippen molar-refractivity contribution in [3.8, 4) is 0 Å². The summed E-state index contributed by atoms with van der Waals surface area (Å²) < 4.78 is 2.94. The molecule has 0 radical (unpaired) electrons. The molecule has 27 heavy (non-hydrogen) atoms. The highest BCUT2D eigenvalue weighted by Crippen LogP contribution is 2.34. The molecule has 0 aliphatic heterocycles. The molecule has 3 aromatic carbocycles. The lowest BCUT2D eigenvalue weighted by Crippen LogP contribution is -2.11. The monoisotopic (exact) mass is 417 g/mol. The van der Waals surface area contributed by atoms with E-state index in [1.165, 1.54) is 0 Å². The summed E-state index contributed by atoms with van der Waals surface area (Å²) in [6.45, 7) is 0. The lowest BCUT2D eigenvalue weighted by Gasteiger charge is -2.21. The van der Waals surface area contributed by atoms with E-state index >= 15 is 0 Å². The summed E-state index contributed by atoms with van der Waals surface area (Å²) in [5.41, 5.74) is 3.53. The minimum absolute atomic E-state index is 0.107. The molecule has 0 aliphatic rings. The van der Waals surface area contributed by atoms with Gasteiger partial charge in [-0.25, -0.2) is 0 Å². The molecule has 4 rings (SSSR count). The summed E-state index contributed by atoms with van der Waals surface area (Å²) >= 11 is 3.46. The first-order valence-electron chi connectivity index (χ1n) is 8.58. The Kier molecular flexibility index (Phi) is 4.73. The van der Waals surface area contributed by atoms with E-state index in [0.717, 1.165) is 26.5 Å². The maximum Gasteiger partial charge on any atom is 0.227 e. The first kappa shape index (κ1) is 17.4. The predicted molar refractivity (Wildman–Crippen MR) is 110 cm³/mol. The van der Waals surface area contributed by atoms with Crippen molar-refractivity contribution in [1.82, 2.24) is 4.57 Å². The fourth-order valence-electron chi connectivity index (χ4n) is 3.49. The molecular weight excluding hydrogens is 402 g/mol. The molecule has 0 saturated carbocycles. The van der Waals surface area contributed by atoms with Gasteiger partial charge in [0, 0.05) is 21.6 Å². The first-order chi connectivity index (χ1) is 13.2. The third-order valence-corrected chi connectivity index (χ3v) is 5.17. The van der Waals surface area contributed by atoms with Gasteiger partial charge in [-0.05, 0) is 29.3 Å². The molecule has 0 atom stereocenters. The van der Waals surface area contributed by atoms with Crippen molar-refractivity contribution in [1.29, 1.82) is 0 Å². The van der Waals surface area contributed by atoms with Crippen LogP contribution >= 0.6 is 15.9 Å². The predicted octanol–water partition coefficient (Wildman–Crippen LogP) is 5.42. The third kappa shape index (κ3) is 3.24. The maximum atomic E-state index is 12.3. The third-order valence-electron chi connectivity index (χ3n) is 4.68. The summed E-state index contributed by atoms with van der Waals surface area (Å²) in [6.07, 6.45) is 2.17. The summed E-state index contributed by atoms with van der Waals surface area (Å²) in [7, 11) is 0. The van der Waals surface area contributed by atoms with Gasteiger partial charge < -0.3 is 4.57 Å². The summed E-state index contributed by atoms with van der Waals surface area (Å²) in [4.78, 5) is 23.4. The molecule has 1 heterocycles. The van der Waals surface area contributed by atoms with Crippen LogP contribution in [-0.2, 0) is 4.79 Å². The number of carbonyl (C=O) groups is 2. The number of fused-ring (bicyclic) bond motifs is 1. The highest BCUT2D eigenvalue weighted by Gasteiger charge is 2.22. The molecule has 0 N–H and O–H groups in total. The normalized spacial score (nSPS) is 11.0. The van der Waals surface area contributed by atoms with Crippen molar-refractivity contribution in [2.45, 2.75) is 6.04 Å². The second kappa shape index (κ2) is 7.33. The van der Waals surface area contributed by atoms with Gasteiger partial charge in [0.2, 0.25) is 5.78 Å². The molecule has 0 fully saturated rings. The van der Waals surface area contributed by atoms with Gasteiger partial charge in [-0.15, -0.1) is 0 Å². The van der Waals surface area contributed by atoms with Gasteiger partial charge in [-0.1, -0.05) is 76.6 Å². The van der Waals surface area contributed by atoms with E-state index in [-0.39, 0.29) is 6.04 Å². The zero-order chi connectivity index (χ0) is 18.8. The number of nitrogens with zero attached hydrogens (tertiary/aromatic N) is 1. The molecule has 4 heteroatoms. The summed E-state index contributed by atoms with van der Waals surface area (Å²) in [6, 6.07) is 26.0. The number of carbonyl (C=O) groups excluding carboxylic acids is 2. The number of ketones is 1. The molecular formula is C23H16BrNO2. The fourth-order valence-corrected chi connectivity index (χ4v) is 3.85. The zero-order valence-corrected chi connectivity index (χ0v) is 16.0. The van der Waals surface area contributed by atoms with Crippen molar-refractivity contribution >= 4 is 38.9 Å². The Bertz CT molecular complexity index is 1080. The smallest absolute Gasteiger partial charge is 0.227 e. The molecule has 0 aliphatic carbocycles. The van der Waals surface area contributed by atoms with Crippen molar-refractivity contribution in [2.75, 3.05) is 0 Å². The zero-order valence-electron chi connectivity index (χ0n) is 14.4. The van der Waals surface area contributed by atoms with Crippen LogP contribution in [0.3, 0.4) is 0 Å². The van der Waals surface area contributed by atoms with E-state index in [9.17, 15) is 9.59 Å². The second-order valence-electron chi connectivity index (χ2n) is 6.32. The van der Waals surface area contributed by atoms with E-state index in [0.29, 0.717) is 11.8 Å². The number of aromatic nitrogens is 1. The van der Waals surface area contributed by atoms with Gasteiger partial charge in [0.15, 0.2) is 6.29 Å². The summed E-state index contributed by atoms with van der Waals surface area (Å²) in [5.74, 6) is -0.517. The Hall–Kier alpha value is -2.98. The van der Waals surface area contributed by atoms with Crippen molar-refractivity contribution in [3.05, 3.63) is 106 Å². The molecule has 0 saturated heterocycles. The molecule has 4 aromatic rings. The number of benzene rings is 3. The number of hydrogen-bond donors (Lipinski definition) is 0. The van der Waals surface area contributed by atoms with Gasteiger partial charge in [-0.2, -0.15) is 0 Å². The van der Waals surface area contributed by atoms with E-state index in [1.54, 1.807) is 6.20 Å². The van der Waals surface area contributed by atoms with Crippen LogP contribution in [0.5, 0.6) is 0 Å². The molecule has 0 spiro atoms. The van der Waals surface area contributed by atoms with Crippen molar-refractivity contribution < 1.29 is 9.59 Å². The second-order valence-corrected chi connectivity index (χ2v) is 7.23. The number of aldehydes is 1. The largest absolute Gasteiger partial charge is 0.335 e.